The van der Waals surface area contributed by atoms with Crippen LogP contribution < -0.4 is 0 Å². The van der Waals surface area contributed by atoms with E-state index in [2.05, 4.69) is 35.1 Å². The number of aromatic amines is 2. The molecule has 0 saturated heterocycles. The molecule has 2 N–H and O–H groups in total. The molecule has 0 radical (unpaired) electrons. The molecule has 0 amide bonds. The van der Waals surface area contributed by atoms with E-state index in [4.69, 9.17) is 4.98 Å². The van der Waals surface area contributed by atoms with Crippen molar-refractivity contribution in [3.05, 3.63) is 67.4 Å². The van der Waals surface area contributed by atoms with Gasteiger partial charge >= 0.3 is 0 Å². The van der Waals surface area contributed by atoms with E-state index in [9.17, 15) is 0 Å². The van der Waals surface area contributed by atoms with Gasteiger partial charge in [-0.15, -0.1) is 0 Å². The van der Waals surface area contributed by atoms with Crippen LogP contribution in [0, 0.1) is 6.92 Å². The minimum atomic E-state index is 0.658. The quantitative estimate of drug-likeness (QED) is 0.476. The van der Waals surface area contributed by atoms with Crippen LogP contribution in [0.5, 0.6) is 0 Å². The number of hydrogen-bond acceptors (Lipinski definition) is 6. The lowest BCUT2D eigenvalue weighted by atomic mass is 10.1. The van der Waals surface area contributed by atoms with Crippen LogP contribution in [0.3, 0.4) is 0 Å². The van der Waals surface area contributed by atoms with Gasteiger partial charge in [0.05, 0.1) is 53.0 Å². The highest BCUT2D eigenvalue weighted by molar-refractivity contribution is 5.95. The lowest BCUT2D eigenvalue weighted by molar-refractivity contribution is 1.05. The molecule has 9 heteroatoms. The van der Waals surface area contributed by atoms with Crippen LogP contribution >= 0.6 is 0 Å². The summed E-state index contributed by atoms with van der Waals surface area (Å²) in [6, 6.07) is 5.87. The molecule has 6 heterocycles. The van der Waals surface area contributed by atoms with Gasteiger partial charge in [0.15, 0.2) is 5.82 Å². The average Bonchev–Trinajstić information content (AvgIpc) is 3.51. The van der Waals surface area contributed by atoms with E-state index in [1.165, 1.54) is 0 Å². The van der Waals surface area contributed by atoms with Gasteiger partial charge < -0.3 is 9.55 Å². The van der Waals surface area contributed by atoms with Crippen LogP contribution in [0.1, 0.15) is 5.69 Å². The molecule has 9 nitrogen and oxygen atoms in total. The highest BCUT2D eigenvalue weighted by atomic mass is 15.1. The molecule has 0 fully saturated rings. The number of hydrogen-bond donors (Lipinski definition) is 2. The molecule has 0 aliphatic heterocycles. The minimum absolute atomic E-state index is 0.658. The SMILES string of the molecule is Cc1cn(-c2cncc3[nH]c(-c4n[nH]c5cnc(-c6cccnc6)cc45)nc23)cn1. The van der Waals surface area contributed by atoms with Crippen molar-refractivity contribution in [2.45, 2.75) is 6.92 Å². The number of nitrogens with zero attached hydrogens (tertiary/aromatic N) is 7. The smallest absolute Gasteiger partial charge is 0.159 e. The first-order valence-electron chi connectivity index (χ1n) is 9.36. The Morgan fingerprint density at radius 3 is 2.80 bits per heavy atom. The van der Waals surface area contributed by atoms with E-state index < -0.39 is 0 Å². The molecule has 0 bridgehead atoms. The molecular weight excluding hydrogens is 378 g/mol. The first-order chi connectivity index (χ1) is 14.8. The first kappa shape index (κ1) is 16.5. The second kappa shape index (κ2) is 6.31. The number of imidazole rings is 2. The van der Waals surface area contributed by atoms with Gasteiger partial charge in [-0.05, 0) is 25.1 Å². The van der Waals surface area contributed by atoms with Crippen molar-refractivity contribution in [2.24, 2.45) is 0 Å². The molecule has 0 aromatic carbocycles. The number of fused-ring (bicyclic) bond motifs is 2. The van der Waals surface area contributed by atoms with Crippen molar-refractivity contribution in [1.29, 1.82) is 0 Å². The Morgan fingerprint density at radius 1 is 1.00 bits per heavy atom. The summed E-state index contributed by atoms with van der Waals surface area (Å²) < 4.78 is 1.92. The molecule has 6 aromatic heterocycles. The fourth-order valence-electron chi connectivity index (χ4n) is 3.54. The Balaban J connectivity index is 1.52. The zero-order valence-electron chi connectivity index (χ0n) is 15.9. The third-order valence-corrected chi connectivity index (χ3v) is 4.99. The number of nitrogens with one attached hydrogen (secondary N) is 2. The third kappa shape index (κ3) is 2.56. The zero-order chi connectivity index (χ0) is 20.1. The van der Waals surface area contributed by atoms with Crippen molar-refractivity contribution < 1.29 is 0 Å². The Morgan fingerprint density at radius 2 is 1.97 bits per heavy atom. The third-order valence-electron chi connectivity index (χ3n) is 4.99. The monoisotopic (exact) mass is 393 g/mol. The normalized spacial score (nSPS) is 11.5. The molecule has 0 spiro atoms. The summed E-state index contributed by atoms with van der Waals surface area (Å²) in [5.74, 6) is 0.658. The number of H-pyrrole nitrogens is 2. The van der Waals surface area contributed by atoms with Gasteiger partial charge in [-0.1, -0.05) is 0 Å². The summed E-state index contributed by atoms with van der Waals surface area (Å²) >= 11 is 0. The first-order valence-corrected chi connectivity index (χ1v) is 9.36. The standard InChI is InChI=1S/C21H15N9/c1-12-10-30(11-25-12)18-9-23-7-17-20(18)27-21(26-17)19-14-5-15(13-3-2-4-22-6-13)24-8-16(14)28-29-19/h2-11H,1H3,(H,26,27)(H,28,29). The molecule has 6 rings (SSSR count). The summed E-state index contributed by atoms with van der Waals surface area (Å²) in [5.41, 5.74) is 6.73. The van der Waals surface area contributed by atoms with Gasteiger partial charge in [0.2, 0.25) is 0 Å². The summed E-state index contributed by atoms with van der Waals surface area (Å²) in [7, 11) is 0. The van der Waals surface area contributed by atoms with E-state index in [0.29, 0.717) is 5.82 Å². The van der Waals surface area contributed by atoms with Crippen LogP contribution in [0.4, 0.5) is 0 Å². The molecule has 0 unspecified atom stereocenters. The van der Waals surface area contributed by atoms with Crippen molar-refractivity contribution in [2.75, 3.05) is 0 Å². The van der Waals surface area contributed by atoms with Crippen LogP contribution in [-0.2, 0) is 0 Å². The molecule has 144 valence electrons. The maximum absolute atomic E-state index is 4.83. The Hall–Kier alpha value is -4.40. The van der Waals surface area contributed by atoms with E-state index in [1.54, 1.807) is 37.3 Å². The van der Waals surface area contributed by atoms with Crippen LogP contribution in [0.15, 0.2) is 61.7 Å². The van der Waals surface area contributed by atoms with Crippen LogP contribution in [0.2, 0.25) is 0 Å². The highest BCUT2D eigenvalue weighted by Gasteiger charge is 2.16. The van der Waals surface area contributed by atoms with Gasteiger partial charge in [0.1, 0.15) is 11.2 Å². The van der Waals surface area contributed by atoms with Gasteiger partial charge in [0, 0.05) is 29.5 Å². The molecule has 0 saturated carbocycles. The summed E-state index contributed by atoms with van der Waals surface area (Å²) in [4.78, 5) is 25.5. The topological polar surface area (TPSA) is 114 Å². The number of aryl methyl sites for hydroxylation is 1. The van der Waals surface area contributed by atoms with Gasteiger partial charge in [-0.25, -0.2) is 9.97 Å². The molecule has 0 atom stereocenters. The second-order valence-corrected chi connectivity index (χ2v) is 6.99. The maximum atomic E-state index is 4.83. The Bertz CT molecular complexity index is 1510. The molecule has 30 heavy (non-hydrogen) atoms. The maximum Gasteiger partial charge on any atom is 0.159 e. The summed E-state index contributed by atoms with van der Waals surface area (Å²) in [5, 5.41) is 8.46. The number of rotatable bonds is 3. The molecule has 0 aliphatic carbocycles. The van der Waals surface area contributed by atoms with Crippen LogP contribution in [-0.4, -0.2) is 44.7 Å². The fraction of sp³-hybridized carbons (Fsp3) is 0.0476. The van der Waals surface area contributed by atoms with E-state index in [-0.39, 0.29) is 0 Å². The van der Waals surface area contributed by atoms with E-state index >= 15 is 0 Å². The highest BCUT2D eigenvalue weighted by Crippen LogP contribution is 2.30. The Kier molecular flexibility index (Phi) is 3.48. The Labute approximate surface area is 169 Å². The zero-order valence-corrected chi connectivity index (χ0v) is 15.9. The van der Waals surface area contributed by atoms with E-state index in [0.717, 1.165) is 50.3 Å². The summed E-state index contributed by atoms with van der Waals surface area (Å²) in [6.45, 7) is 1.95. The van der Waals surface area contributed by atoms with Crippen molar-refractivity contribution in [1.82, 2.24) is 44.7 Å². The minimum Gasteiger partial charge on any atom is -0.335 e. The molecule has 6 aromatic rings. The predicted octanol–water partition coefficient (Wildman–Crippen LogP) is 3.45. The summed E-state index contributed by atoms with van der Waals surface area (Å²) in [6.07, 6.45) is 12.6. The van der Waals surface area contributed by atoms with Gasteiger partial charge in [0.25, 0.3) is 0 Å². The average molecular weight is 393 g/mol. The van der Waals surface area contributed by atoms with Gasteiger partial charge in [-0.2, -0.15) is 5.10 Å². The largest absolute Gasteiger partial charge is 0.335 e. The van der Waals surface area contributed by atoms with Crippen molar-refractivity contribution in [3.63, 3.8) is 0 Å². The molecular formula is C21H15N9. The fourth-order valence-corrected chi connectivity index (χ4v) is 3.54. The molecule has 0 aliphatic rings. The van der Waals surface area contributed by atoms with Crippen LogP contribution in [0.25, 0.3) is 50.4 Å². The lowest BCUT2D eigenvalue weighted by Gasteiger charge is -2.01. The van der Waals surface area contributed by atoms with Crippen molar-refractivity contribution >= 4 is 21.9 Å². The second-order valence-electron chi connectivity index (χ2n) is 6.99. The van der Waals surface area contributed by atoms with Gasteiger partial charge in [-0.3, -0.25) is 20.1 Å². The predicted molar refractivity (Wildman–Crippen MR) is 112 cm³/mol. The number of pyridine rings is 3. The number of aromatic nitrogens is 9. The van der Waals surface area contributed by atoms with E-state index in [1.807, 2.05) is 35.9 Å². The van der Waals surface area contributed by atoms with Crippen molar-refractivity contribution in [3.8, 4) is 28.5 Å². The lowest BCUT2D eigenvalue weighted by Crippen LogP contribution is -1.92.